The first kappa shape index (κ1) is 13.5. The molecule has 0 fully saturated rings. The topological polar surface area (TPSA) is 37.8 Å². The number of aromatic nitrogens is 2. The number of hydrogen-bond donors (Lipinski definition) is 1. The summed E-state index contributed by atoms with van der Waals surface area (Å²) in [7, 11) is 0. The normalized spacial score (nSPS) is 12.6. The molecule has 0 saturated heterocycles. The lowest BCUT2D eigenvalue weighted by molar-refractivity contribution is 0.606. The predicted octanol–water partition coefficient (Wildman–Crippen LogP) is 3.29. The summed E-state index contributed by atoms with van der Waals surface area (Å²) in [6, 6.07) is 10.9. The quantitative estimate of drug-likeness (QED) is 0.823. The smallest absolute Gasteiger partial charge is 0.170 e. The second kappa shape index (κ2) is 6.87. The van der Waals surface area contributed by atoms with E-state index in [2.05, 4.69) is 45.9 Å². The Labute approximate surface area is 116 Å². The largest absolute Gasteiger partial charge is 0.309 e. The van der Waals surface area contributed by atoms with Gasteiger partial charge in [0, 0.05) is 11.8 Å². The summed E-state index contributed by atoms with van der Waals surface area (Å²) in [4.78, 5) is 4.38. The second-order valence-corrected chi connectivity index (χ2v) is 5.96. The zero-order valence-electron chi connectivity index (χ0n) is 10.6. The standard InChI is InChI=1S/C13H17N3S2/c1-3-14-12(11-7-5-4-6-8-11)9-17-13-15-10(2)16-18-13/h4-8,12,14H,3,9H2,1-2H3. The Hall–Kier alpha value is -0.910. The lowest BCUT2D eigenvalue weighted by Crippen LogP contribution is -2.22. The van der Waals surface area contributed by atoms with Crippen LogP contribution in [-0.2, 0) is 0 Å². The Bertz CT molecular complexity index is 470. The number of nitrogens with one attached hydrogen (secondary N) is 1. The van der Waals surface area contributed by atoms with E-state index in [4.69, 9.17) is 0 Å². The summed E-state index contributed by atoms with van der Waals surface area (Å²) in [5.41, 5.74) is 1.33. The maximum absolute atomic E-state index is 4.38. The van der Waals surface area contributed by atoms with Gasteiger partial charge >= 0.3 is 0 Å². The van der Waals surface area contributed by atoms with Gasteiger partial charge in [0.1, 0.15) is 5.82 Å². The van der Waals surface area contributed by atoms with E-state index in [9.17, 15) is 0 Å². The molecule has 1 aromatic heterocycles. The van der Waals surface area contributed by atoms with Crippen molar-refractivity contribution in [3.63, 3.8) is 0 Å². The molecular weight excluding hydrogens is 262 g/mol. The molecule has 0 amide bonds. The van der Waals surface area contributed by atoms with Crippen LogP contribution in [0.5, 0.6) is 0 Å². The highest BCUT2D eigenvalue weighted by molar-refractivity contribution is 8.00. The SMILES string of the molecule is CCNC(CSc1nc(C)ns1)c1ccccc1. The highest BCUT2D eigenvalue weighted by Crippen LogP contribution is 2.25. The fourth-order valence-electron chi connectivity index (χ4n) is 1.70. The predicted molar refractivity (Wildman–Crippen MR) is 78.2 cm³/mol. The number of thioether (sulfide) groups is 1. The van der Waals surface area contributed by atoms with Crippen LogP contribution in [0.15, 0.2) is 34.7 Å². The molecule has 0 bridgehead atoms. The van der Waals surface area contributed by atoms with E-state index in [-0.39, 0.29) is 0 Å². The molecule has 1 aromatic carbocycles. The summed E-state index contributed by atoms with van der Waals surface area (Å²) in [6.07, 6.45) is 0. The molecule has 0 spiro atoms. The summed E-state index contributed by atoms with van der Waals surface area (Å²) in [5, 5.41) is 3.51. The van der Waals surface area contributed by atoms with E-state index in [1.165, 1.54) is 17.1 Å². The summed E-state index contributed by atoms with van der Waals surface area (Å²) < 4.78 is 5.25. The van der Waals surface area contributed by atoms with Crippen LogP contribution < -0.4 is 5.32 Å². The van der Waals surface area contributed by atoms with Gasteiger partial charge in [-0.3, -0.25) is 0 Å². The van der Waals surface area contributed by atoms with Crippen LogP contribution in [0.25, 0.3) is 0 Å². The van der Waals surface area contributed by atoms with Crippen LogP contribution >= 0.6 is 23.3 Å². The van der Waals surface area contributed by atoms with E-state index in [0.29, 0.717) is 6.04 Å². The lowest BCUT2D eigenvalue weighted by atomic mass is 10.1. The van der Waals surface area contributed by atoms with Gasteiger partial charge in [0.15, 0.2) is 4.34 Å². The number of rotatable bonds is 6. The molecule has 18 heavy (non-hydrogen) atoms. The van der Waals surface area contributed by atoms with Crippen molar-refractivity contribution in [3.8, 4) is 0 Å². The minimum absolute atomic E-state index is 0.366. The van der Waals surface area contributed by atoms with Gasteiger partial charge in [-0.25, -0.2) is 4.98 Å². The molecule has 1 N–H and O–H groups in total. The summed E-state index contributed by atoms with van der Waals surface area (Å²) in [5.74, 6) is 1.84. The third-order valence-corrected chi connectivity index (χ3v) is 4.55. The summed E-state index contributed by atoms with van der Waals surface area (Å²) >= 11 is 3.25. The highest BCUT2D eigenvalue weighted by Gasteiger charge is 2.11. The van der Waals surface area contributed by atoms with Crippen LogP contribution in [0.2, 0.25) is 0 Å². The molecule has 5 heteroatoms. The monoisotopic (exact) mass is 279 g/mol. The first-order valence-corrected chi connectivity index (χ1v) is 7.77. The van der Waals surface area contributed by atoms with Crippen molar-refractivity contribution in [1.29, 1.82) is 0 Å². The van der Waals surface area contributed by atoms with Crippen molar-refractivity contribution < 1.29 is 0 Å². The Kier molecular flexibility index (Phi) is 5.16. The number of nitrogens with zero attached hydrogens (tertiary/aromatic N) is 2. The van der Waals surface area contributed by atoms with Crippen LogP contribution in [-0.4, -0.2) is 21.7 Å². The molecule has 2 rings (SSSR count). The molecule has 1 unspecified atom stereocenters. The van der Waals surface area contributed by atoms with Crippen molar-refractivity contribution in [3.05, 3.63) is 41.7 Å². The van der Waals surface area contributed by atoms with E-state index in [1.54, 1.807) is 11.8 Å². The fourth-order valence-corrected chi connectivity index (χ4v) is 3.46. The molecule has 1 atom stereocenters. The van der Waals surface area contributed by atoms with E-state index >= 15 is 0 Å². The zero-order valence-corrected chi connectivity index (χ0v) is 12.2. The van der Waals surface area contributed by atoms with Gasteiger partial charge in [-0.2, -0.15) is 4.37 Å². The maximum atomic E-state index is 4.38. The van der Waals surface area contributed by atoms with Crippen molar-refractivity contribution in [2.24, 2.45) is 0 Å². The Morgan fingerprint density at radius 3 is 2.72 bits per heavy atom. The Morgan fingerprint density at radius 2 is 2.11 bits per heavy atom. The van der Waals surface area contributed by atoms with Crippen molar-refractivity contribution >= 4 is 23.3 Å². The average Bonchev–Trinajstić information content (AvgIpc) is 2.81. The molecular formula is C13H17N3S2. The summed E-state index contributed by atoms with van der Waals surface area (Å²) in [6.45, 7) is 5.03. The molecule has 0 aliphatic rings. The van der Waals surface area contributed by atoms with Crippen molar-refractivity contribution in [1.82, 2.24) is 14.7 Å². The molecule has 2 aromatic rings. The van der Waals surface area contributed by atoms with Crippen molar-refractivity contribution in [2.75, 3.05) is 12.3 Å². The molecule has 96 valence electrons. The highest BCUT2D eigenvalue weighted by atomic mass is 32.2. The number of aryl methyl sites for hydroxylation is 1. The minimum atomic E-state index is 0.366. The van der Waals surface area contributed by atoms with E-state index < -0.39 is 0 Å². The van der Waals surface area contributed by atoms with Gasteiger partial charge in [0.2, 0.25) is 0 Å². The third-order valence-electron chi connectivity index (χ3n) is 2.53. The third kappa shape index (κ3) is 3.80. The van der Waals surface area contributed by atoms with Gasteiger partial charge < -0.3 is 5.32 Å². The Morgan fingerprint density at radius 1 is 1.33 bits per heavy atom. The van der Waals surface area contributed by atoms with Crippen LogP contribution in [0, 0.1) is 6.92 Å². The average molecular weight is 279 g/mol. The Balaban J connectivity index is 1.98. The molecule has 3 nitrogen and oxygen atoms in total. The first-order chi connectivity index (χ1) is 8.79. The van der Waals surface area contributed by atoms with Crippen molar-refractivity contribution in [2.45, 2.75) is 24.2 Å². The zero-order chi connectivity index (χ0) is 12.8. The van der Waals surface area contributed by atoms with Gasteiger partial charge in [-0.15, -0.1) is 0 Å². The fraction of sp³-hybridized carbons (Fsp3) is 0.385. The molecule has 0 aliphatic carbocycles. The first-order valence-electron chi connectivity index (χ1n) is 6.01. The maximum Gasteiger partial charge on any atom is 0.170 e. The van der Waals surface area contributed by atoms with E-state index in [1.807, 2.05) is 13.0 Å². The van der Waals surface area contributed by atoms with E-state index in [0.717, 1.165) is 22.5 Å². The number of hydrogen-bond acceptors (Lipinski definition) is 5. The molecule has 0 aliphatic heterocycles. The molecule has 0 radical (unpaired) electrons. The van der Waals surface area contributed by atoms with Crippen LogP contribution in [0.3, 0.4) is 0 Å². The second-order valence-electron chi connectivity index (χ2n) is 3.94. The lowest BCUT2D eigenvalue weighted by Gasteiger charge is -2.17. The van der Waals surface area contributed by atoms with Crippen LogP contribution in [0.4, 0.5) is 0 Å². The van der Waals surface area contributed by atoms with Gasteiger partial charge in [0.25, 0.3) is 0 Å². The van der Waals surface area contributed by atoms with Gasteiger partial charge in [-0.05, 0) is 30.6 Å². The number of benzene rings is 1. The van der Waals surface area contributed by atoms with Crippen LogP contribution in [0.1, 0.15) is 24.4 Å². The van der Waals surface area contributed by atoms with Gasteiger partial charge in [0.05, 0.1) is 0 Å². The van der Waals surface area contributed by atoms with Gasteiger partial charge in [-0.1, -0.05) is 49.0 Å². The molecule has 1 heterocycles. The minimum Gasteiger partial charge on any atom is -0.309 e. The molecule has 0 saturated carbocycles.